The molecule has 20 heavy (non-hydrogen) atoms. The Morgan fingerprint density at radius 3 is 2.85 bits per heavy atom. The summed E-state index contributed by atoms with van der Waals surface area (Å²) >= 11 is 11.8. The summed E-state index contributed by atoms with van der Waals surface area (Å²) in [6, 6.07) is 5.27. The molecule has 1 heterocycles. The lowest BCUT2D eigenvalue weighted by Gasteiger charge is -2.11. The third kappa shape index (κ3) is 3.37. The predicted molar refractivity (Wildman–Crippen MR) is 76.2 cm³/mol. The number of halogens is 2. The van der Waals surface area contributed by atoms with Gasteiger partial charge in [0.05, 0.1) is 19.5 Å². The van der Waals surface area contributed by atoms with Crippen LogP contribution in [0.15, 0.2) is 30.6 Å². The summed E-state index contributed by atoms with van der Waals surface area (Å²) in [6.45, 7) is 0.218. The Morgan fingerprint density at radius 2 is 2.15 bits per heavy atom. The van der Waals surface area contributed by atoms with E-state index in [4.69, 9.17) is 27.9 Å². The van der Waals surface area contributed by atoms with Crippen molar-refractivity contribution >= 4 is 29.1 Å². The fourth-order valence-electron chi connectivity index (χ4n) is 1.61. The Labute approximate surface area is 125 Å². The molecule has 104 valence electrons. The number of nitrogens with zero attached hydrogens (tertiary/aromatic N) is 2. The van der Waals surface area contributed by atoms with Gasteiger partial charge in [0.25, 0.3) is 5.91 Å². The maximum atomic E-state index is 11.9. The molecule has 7 heteroatoms. The third-order valence-electron chi connectivity index (χ3n) is 2.56. The van der Waals surface area contributed by atoms with Crippen molar-refractivity contribution in [2.45, 2.75) is 6.54 Å². The molecule has 0 atom stereocenters. The molecule has 1 aromatic heterocycles. The average Bonchev–Trinajstić information content (AvgIpc) is 2.45. The Hall–Kier alpha value is -1.85. The summed E-state index contributed by atoms with van der Waals surface area (Å²) in [7, 11) is 1.54. The van der Waals surface area contributed by atoms with Crippen molar-refractivity contribution in [3.63, 3.8) is 0 Å². The summed E-state index contributed by atoms with van der Waals surface area (Å²) in [4.78, 5) is 19.6. The first-order chi connectivity index (χ1) is 9.61. The van der Waals surface area contributed by atoms with Crippen LogP contribution in [-0.4, -0.2) is 23.0 Å². The van der Waals surface area contributed by atoms with E-state index in [0.717, 1.165) is 0 Å². The first kappa shape index (κ1) is 14.6. The summed E-state index contributed by atoms with van der Waals surface area (Å²) in [5, 5.41) is 3.37. The minimum Gasteiger partial charge on any atom is -0.496 e. The fraction of sp³-hybridized carbons (Fsp3) is 0.154. The Kier molecular flexibility index (Phi) is 4.76. The fourth-order valence-corrected chi connectivity index (χ4v) is 1.99. The van der Waals surface area contributed by atoms with E-state index in [-0.39, 0.29) is 23.3 Å². The zero-order valence-electron chi connectivity index (χ0n) is 10.6. The smallest absolute Gasteiger partial charge is 0.271 e. The van der Waals surface area contributed by atoms with Gasteiger partial charge in [0, 0.05) is 17.1 Å². The number of benzene rings is 1. The second kappa shape index (κ2) is 6.54. The minimum atomic E-state index is -0.387. The molecular weight excluding hydrogens is 301 g/mol. The number of aromatic nitrogens is 2. The van der Waals surface area contributed by atoms with E-state index >= 15 is 0 Å². The van der Waals surface area contributed by atoms with Crippen LogP contribution >= 0.6 is 23.2 Å². The van der Waals surface area contributed by atoms with Crippen LogP contribution < -0.4 is 10.1 Å². The molecule has 0 fully saturated rings. The first-order valence-electron chi connectivity index (χ1n) is 5.69. The maximum absolute atomic E-state index is 11.9. The summed E-state index contributed by atoms with van der Waals surface area (Å²) in [5.74, 6) is 0.219. The molecule has 0 aliphatic carbocycles. The molecule has 0 saturated heterocycles. The Balaban J connectivity index is 2.11. The van der Waals surface area contributed by atoms with Gasteiger partial charge >= 0.3 is 0 Å². The first-order valence-corrected chi connectivity index (χ1v) is 6.44. The maximum Gasteiger partial charge on any atom is 0.271 e. The highest BCUT2D eigenvalue weighted by Crippen LogP contribution is 2.25. The van der Waals surface area contributed by atoms with E-state index in [0.29, 0.717) is 16.3 Å². The number of nitrogens with one attached hydrogen (secondary N) is 1. The molecule has 2 rings (SSSR count). The molecule has 0 unspecified atom stereocenters. The van der Waals surface area contributed by atoms with Gasteiger partial charge < -0.3 is 10.1 Å². The molecule has 5 nitrogen and oxygen atoms in total. The molecule has 0 aliphatic rings. The van der Waals surface area contributed by atoms with Crippen LogP contribution in [0.2, 0.25) is 10.2 Å². The van der Waals surface area contributed by atoms with Crippen LogP contribution in [-0.2, 0) is 6.54 Å². The van der Waals surface area contributed by atoms with E-state index in [2.05, 4.69) is 15.3 Å². The minimum absolute atomic E-state index is 0.142. The lowest BCUT2D eigenvalue weighted by Crippen LogP contribution is -2.24. The van der Waals surface area contributed by atoms with E-state index < -0.39 is 0 Å². The van der Waals surface area contributed by atoms with E-state index in [1.807, 2.05) is 0 Å². The number of carbonyl (C=O) groups is 1. The van der Waals surface area contributed by atoms with Crippen molar-refractivity contribution in [1.82, 2.24) is 15.3 Å². The number of carbonyl (C=O) groups excluding carboxylic acids is 1. The van der Waals surface area contributed by atoms with Gasteiger partial charge in [-0.3, -0.25) is 9.78 Å². The lowest BCUT2D eigenvalue weighted by molar-refractivity contribution is 0.0945. The number of rotatable bonds is 4. The topological polar surface area (TPSA) is 64.1 Å². The van der Waals surface area contributed by atoms with E-state index in [1.165, 1.54) is 12.4 Å². The van der Waals surface area contributed by atoms with Crippen LogP contribution in [0.3, 0.4) is 0 Å². The largest absolute Gasteiger partial charge is 0.496 e. The molecule has 1 aromatic carbocycles. The number of hydrogen-bond acceptors (Lipinski definition) is 4. The highest BCUT2D eigenvalue weighted by molar-refractivity contribution is 6.31. The highest BCUT2D eigenvalue weighted by atomic mass is 35.5. The highest BCUT2D eigenvalue weighted by Gasteiger charge is 2.12. The summed E-state index contributed by atoms with van der Waals surface area (Å²) in [6.07, 6.45) is 2.69. The van der Waals surface area contributed by atoms with Crippen molar-refractivity contribution in [3.8, 4) is 5.75 Å². The van der Waals surface area contributed by atoms with Crippen molar-refractivity contribution in [2.24, 2.45) is 0 Å². The van der Waals surface area contributed by atoms with Crippen molar-refractivity contribution < 1.29 is 9.53 Å². The zero-order chi connectivity index (χ0) is 14.5. The van der Waals surface area contributed by atoms with Crippen LogP contribution in [0.4, 0.5) is 0 Å². The quantitative estimate of drug-likeness (QED) is 0.943. The van der Waals surface area contributed by atoms with Crippen molar-refractivity contribution in [3.05, 3.63) is 52.0 Å². The van der Waals surface area contributed by atoms with E-state index in [9.17, 15) is 4.79 Å². The average molecular weight is 312 g/mol. The normalized spacial score (nSPS) is 10.2. The van der Waals surface area contributed by atoms with Gasteiger partial charge in [-0.15, -0.1) is 0 Å². The molecule has 1 amide bonds. The van der Waals surface area contributed by atoms with Gasteiger partial charge in [-0.1, -0.05) is 29.3 Å². The lowest BCUT2D eigenvalue weighted by atomic mass is 10.2. The third-order valence-corrected chi connectivity index (χ3v) is 3.10. The number of hydrogen-bond donors (Lipinski definition) is 1. The van der Waals surface area contributed by atoms with Crippen LogP contribution in [0.25, 0.3) is 0 Å². The molecule has 0 saturated carbocycles. The number of methoxy groups -OCH3 is 1. The molecular formula is C13H11Cl2N3O2. The van der Waals surface area contributed by atoms with Gasteiger partial charge in [0.2, 0.25) is 0 Å². The van der Waals surface area contributed by atoms with Gasteiger partial charge in [0.15, 0.2) is 0 Å². The second-order valence-corrected chi connectivity index (χ2v) is 4.62. The molecule has 0 bridgehead atoms. The predicted octanol–water partition coefficient (Wildman–Crippen LogP) is 2.72. The summed E-state index contributed by atoms with van der Waals surface area (Å²) < 4.78 is 5.20. The summed E-state index contributed by atoms with van der Waals surface area (Å²) in [5.41, 5.74) is 0.837. The zero-order valence-corrected chi connectivity index (χ0v) is 12.1. The van der Waals surface area contributed by atoms with Gasteiger partial charge in [-0.25, -0.2) is 4.98 Å². The van der Waals surface area contributed by atoms with Gasteiger partial charge in [-0.05, 0) is 12.1 Å². The van der Waals surface area contributed by atoms with Crippen LogP contribution in [0, 0.1) is 0 Å². The van der Waals surface area contributed by atoms with Crippen molar-refractivity contribution in [2.75, 3.05) is 7.11 Å². The number of ether oxygens (including phenoxy) is 1. The SMILES string of the molecule is COc1cccc(Cl)c1CNC(=O)c1cncc(Cl)n1. The standard InChI is InChI=1S/C13H11Cl2N3O2/c1-20-11-4-2-3-9(14)8(11)5-17-13(19)10-6-16-7-12(15)18-10/h2-4,6-7H,5H2,1H3,(H,17,19). The van der Waals surface area contributed by atoms with Crippen molar-refractivity contribution in [1.29, 1.82) is 0 Å². The Morgan fingerprint density at radius 1 is 1.35 bits per heavy atom. The number of amides is 1. The van der Waals surface area contributed by atoms with E-state index in [1.54, 1.807) is 25.3 Å². The molecule has 0 aliphatic heterocycles. The molecule has 1 N–H and O–H groups in total. The van der Waals surface area contributed by atoms with Gasteiger partial charge in [-0.2, -0.15) is 0 Å². The van der Waals surface area contributed by atoms with Gasteiger partial charge in [0.1, 0.15) is 16.6 Å². The molecule has 0 radical (unpaired) electrons. The molecule has 0 spiro atoms. The second-order valence-electron chi connectivity index (χ2n) is 3.83. The Bertz CT molecular complexity index is 635. The van der Waals surface area contributed by atoms with Crippen LogP contribution in [0.5, 0.6) is 5.75 Å². The van der Waals surface area contributed by atoms with Crippen LogP contribution in [0.1, 0.15) is 16.1 Å². The monoisotopic (exact) mass is 311 g/mol. The molecule has 2 aromatic rings.